The van der Waals surface area contributed by atoms with Crippen LogP contribution in [0.2, 0.25) is 0 Å². The molecule has 0 nitrogen and oxygen atoms in total. The molecule has 0 radical (unpaired) electrons. The Morgan fingerprint density at radius 1 is 1.40 bits per heavy atom. The smallest absolute Gasteiger partial charge is 0.166 e. The Bertz CT molecular complexity index is 195. The van der Waals surface area contributed by atoms with Crippen molar-refractivity contribution in [3.63, 3.8) is 0 Å². The van der Waals surface area contributed by atoms with E-state index in [2.05, 4.69) is 0 Å². The lowest BCUT2D eigenvalue weighted by Crippen LogP contribution is -2.11. The summed E-state index contributed by atoms with van der Waals surface area (Å²) in [6.07, 6.45) is -1.07. The maximum absolute atomic E-state index is 11.9. The highest BCUT2D eigenvalue weighted by Crippen LogP contribution is 2.34. The zero-order valence-electron chi connectivity index (χ0n) is 5.50. The van der Waals surface area contributed by atoms with E-state index in [4.69, 9.17) is 0 Å². The minimum Gasteiger partial charge on any atom is -0.166 e. The second kappa shape index (κ2) is 2.15. The Kier molecular flexibility index (Phi) is 1.58. The first-order valence-electron chi connectivity index (χ1n) is 2.95. The van der Waals surface area contributed by atoms with Gasteiger partial charge >= 0.3 is 6.18 Å². The molecule has 0 amide bonds. The fraction of sp³-hybridized carbons (Fsp3) is 0.429. The van der Waals surface area contributed by atoms with Crippen LogP contribution in [0, 0.1) is 0 Å². The van der Waals surface area contributed by atoms with E-state index in [9.17, 15) is 13.2 Å². The molecule has 0 atom stereocenters. The summed E-state index contributed by atoms with van der Waals surface area (Å²) in [6.45, 7) is 1.48. The quantitative estimate of drug-likeness (QED) is 0.495. The van der Waals surface area contributed by atoms with Crippen LogP contribution < -0.4 is 0 Å². The van der Waals surface area contributed by atoms with Crippen molar-refractivity contribution in [3.05, 3.63) is 23.3 Å². The molecule has 0 bridgehead atoms. The first-order chi connectivity index (χ1) is 4.52. The molecule has 0 heterocycles. The first-order valence-corrected chi connectivity index (χ1v) is 2.95. The lowest BCUT2D eigenvalue weighted by atomic mass is 10.1. The standard InChI is InChI=1S/C7H7F3/c1-5-3-2-4-6(5)7(8,9)10/h2-3H,4H2,1H3. The third kappa shape index (κ3) is 1.23. The highest BCUT2D eigenvalue weighted by molar-refractivity contribution is 5.34. The summed E-state index contributed by atoms with van der Waals surface area (Å²) < 4.78 is 35.7. The molecule has 0 N–H and O–H groups in total. The predicted molar refractivity (Wildman–Crippen MR) is 32.5 cm³/mol. The SMILES string of the molecule is CC1=C(C(F)(F)F)CC=C1. The van der Waals surface area contributed by atoms with E-state index < -0.39 is 11.7 Å². The van der Waals surface area contributed by atoms with Gasteiger partial charge in [-0.2, -0.15) is 13.2 Å². The number of halogens is 3. The van der Waals surface area contributed by atoms with Crippen molar-refractivity contribution in [2.45, 2.75) is 19.5 Å². The van der Waals surface area contributed by atoms with Crippen molar-refractivity contribution < 1.29 is 13.2 Å². The molecule has 0 fully saturated rings. The molecule has 10 heavy (non-hydrogen) atoms. The molecule has 0 unspecified atom stereocenters. The van der Waals surface area contributed by atoms with Gasteiger partial charge in [-0.3, -0.25) is 0 Å². The maximum atomic E-state index is 11.9. The van der Waals surface area contributed by atoms with E-state index in [1.807, 2.05) is 0 Å². The number of hydrogen-bond acceptors (Lipinski definition) is 0. The van der Waals surface area contributed by atoms with Gasteiger partial charge in [0.05, 0.1) is 0 Å². The fourth-order valence-corrected chi connectivity index (χ4v) is 0.954. The molecule has 56 valence electrons. The van der Waals surface area contributed by atoms with Crippen molar-refractivity contribution in [1.82, 2.24) is 0 Å². The first kappa shape index (κ1) is 7.38. The summed E-state index contributed by atoms with van der Waals surface area (Å²) in [5, 5.41) is 0. The van der Waals surface area contributed by atoms with Crippen molar-refractivity contribution in [3.8, 4) is 0 Å². The van der Waals surface area contributed by atoms with Crippen LogP contribution in [0.25, 0.3) is 0 Å². The average molecular weight is 148 g/mol. The van der Waals surface area contributed by atoms with Crippen molar-refractivity contribution in [2.24, 2.45) is 0 Å². The topological polar surface area (TPSA) is 0 Å². The minimum absolute atomic E-state index is 0.0370. The second-order valence-corrected chi connectivity index (χ2v) is 2.27. The van der Waals surface area contributed by atoms with Crippen molar-refractivity contribution in [2.75, 3.05) is 0 Å². The summed E-state index contributed by atoms with van der Waals surface area (Å²) in [6, 6.07) is 0. The van der Waals surface area contributed by atoms with Crippen LogP contribution in [0.5, 0.6) is 0 Å². The Hall–Kier alpha value is -0.730. The summed E-state index contributed by atoms with van der Waals surface area (Å²) >= 11 is 0. The molecule has 0 saturated carbocycles. The van der Waals surface area contributed by atoms with Gasteiger partial charge in [-0.05, 0) is 18.9 Å². The van der Waals surface area contributed by atoms with Crippen LogP contribution in [0.1, 0.15) is 13.3 Å². The van der Waals surface area contributed by atoms with Gasteiger partial charge in [-0.25, -0.2) is 0 Å². The monoisotopic (exact) mass is 148 g/mol. The highest BCUT2D eigenvalue weighted by Gasteiger charge is 2.34. The molecule has 0 aromatic heterocycles. The predicted octanol–water partition coefficient (Wildman–Crippen LogP) is 2.83. The molecule has 0 spiro atoms. The van der Waals surface area contributed by atoms with E-state index >= 15 is 0 Å². The molecule has 1 rings (SSSR count). The summed E-state index contributed by atoms with van der Waals surface area (Å²) in [5.74, 6) is 0. The zero-order chi connectivity index (χ0) is 7.78. The second-order valence-electron chi connectivity index (χ2n) is 2.27. The summed E-state index contributed by atoms with van der Waals surface area (Å²) in [5.41, 5.74) is -0.0694. The van der Waals surface area contributed by atoms with Crippen LogP contribution in [-0.4, -0.2) is 6.18 Å². The zero-order valence-corrected chi connectivity index (χ0v) is 5.50. The van der Waals surface area contributed by atoms with E-state index in [1.54, 1.807) is 0 Å². The summed E-state index contributed by atoms with van der Waals surface area (Å²) in [7, 11) is 0. The number of alkyl halides is 3. The number of hydrogen-bond donors (Lipinski definition) is 0. The normalized spacial score (nSPS) is 18.8. The Morgan fingerprint density at radius 2 is 2.00 bits per heavy atom. The lowest BCUT2D eigenvalue weighted by Gasteiger charge is -2.07. The Labute approximate surface area is 57.0 Å². The fourth-order valence-electron chi connectivity index (χ4n) is 0.954. The van der Waals surface area contributed by atoms with Gasteiger partial charge < -0.3 is 0 Å². The van der Waals surface area contributed by atoms with Crippen LogP contribution in [-0.2, 0) is 0 Å². The van der Waals surface area contributed by atoms with Gasteiger partial charge in [0.2, 0.25) is 0 Å². The molecular formula is C7H7F3. The molecule has 0 saturated heterocycles. The third-order valence-corrected chi connectivity index (χ3v) is 1.51. The van der Waals surface area contributed by atoms with Crippen molar-refractivity contribution >= 4 is 0 Å². The van der Waals surface area contributed by atoms with E-state index in [0.717, 1.165) is 0 Å². The van der Waals surface area contributed by atoms with Gasteiger partial charge in [0.1, 0.15) is 0 Å². The molecule has 1 aliphatic rings. The van der Waals surface area contributed by atoms with Crippen LogP contribution in [0.4, 0.5) is 13.2 Å². The van der Waals surface area contributed by atoms with Gasteiger partial charge in [0, 0.05) is 5.57 Å². The largest absolute Gasteiger partial charge is 0.413 e. The molecule has 1 aliphatic carbocycles. The molecule has 0 aromatic carbocycles. The van der Waals surface area contributed by atoms with Gasteiger partial charge in [-0.15, -0.1) is 0 Å². The van der Waals surface area contributed by atoms with Gasteiger partial charge in [-0.1, -0.05) is 12.2 Å². The van der Waals surface area contributed by atoms with Crippen LogP contribution in [0.15, 0.2) is 23.3 Å². The average Bonchev–Trinajstić information content (AvgIpc) is 2.11. The van der Waals surface area contributed by atoms with Crippen molar-refractivity contribution in [1.29, 1.82) is 0 Å². The Balaban J connectivity index is 2.86. The number of allylic oxidation sites excluding steroid dienone is 4. The van der Waals surface area contributed by atoms with Gasteiger partial charge in [0.15, 0.2) is 0 Å². The maximum Gasteiger partial charge on any atom is 0.413 e. The molecule has 0 aromatic rings. The van der Waals surface area contributed by atoms with E-state index in [0.29, 0.717) is 5.57 Å². The Morgan fingerprint density at radius 3 is 2.20 bits per heavy atom. The lowest BCUT2D eigenvalue weighted by molar-refractivity contribution is -0.0931. The van der Waals surface area contributed by atoms with E-state index in [1.165, 1.54) is 19.1 Å². The highest BCUT2D eigenvalue weighted by atomic mass is 19.4. The molecular weight excluding hydrogens is 141 g/mol. The van der Waals surface area contributed by atoms with Crippen LogP contribution in [0.3, 0.4) is 0 Å². The van der Waals surface area contributed by atoms with E-state index in [-0.39, 0.29) is 6.42 Å². The minimum atomic E-state index is -4.13. The number of rotatable bonds is 0. The van der Waals surface area contributed by atoms with Crippen LogP contribution >= 0.6 is 0 Å². The molecule has 3 heteroatoms. The summed E-state index contributed by atoms with van der Waals surface area (Å²) in [4.78, 5) is 0. The van der Waals surface area contributed by atoms with Gasteiger partial charge in [0.25, 0.3) is 0 Å². The molecule has 0 aliphatic heterocycles. The third-order valence-electron chi connectivity index (χ3n) is 1.51.